The van der Waals surface area contributed by atoms with E-state index in [-0.39, 0.29) is 17.4 Å². The molecule has 160 valence electrons. The predicted molar refractivity (Wildman–Crippen MR) is 115 cm³/mol. The number of para-hydroxylation sites is 1. The van der Waals surface area contributed by atoms with Crippen LogP contribution in [0.3, 0.4) is 0 Å². The van der Waals surface area contributed by atoms with Gasteiger partial charge < -0.3 is 14.6 Å². The molecule has 1 aromatic heterocycles. The first-order valence-electron chi connectivity index (χ1n) is 10.8. The average Bonchev–Trinajstić information content (AvgIpc) is 3.24. The van der Waals surface area contributed by atoms with Crippen LogP contribution >= 0.6 is 0 Å². The van der Waals surface area contributed by atoms with Gasteiger partial charge in [0.1, 0.15) is 11.6 Å². The van der Waals surface area contributed by atoms with Crippen molar-refractivity contribution in [3.63, 3.8) is 0 Å². The molecule has 0 aliphatic carbocycles. The molecule has 7 heteroatoms. The van der Waals surface area contributed by atoms with Crippen LogP contribution in [0.2, 0.25) is 0 Å². The molecule has 1 amide bonds. The van der Waals surface area contributed by atoms with Gasteiger partial charge in [0.25, 0.3) is 5.56 Å². The Labute approximate surface area is 177 Å². The zero-order valence-electron chi connectivity index (χ0n) is 17.8. The van der Waals surface area contributed by atoms with Gasteiger partial charge in [0.2, 0.25) is 5.91 Å². The highest BCUT2D eigenvalue weighted by Gasteiger charge is 2.30. The van der Waals surface area contributed by atoms with Gasteiger partial charge in [-0.25, -0.2) is 4.98 Å². The molecule has 0 spiro atoms. The zero-order valence-corrected chi connectivity index (χ0v) is 17.8. The first-order chi connectivity index (χ1) is 14.6. The molecule has 4 rings (SSSR count). The summed E-state index contributed by atoms with van der Waals surface area (Å²) in [7, 11) is 1.69. The maximum Gasteiger partial charge on any atom is 0.254 e. The Morgan fingerprint density at radius 1 is 1.30 bits per heavy atom. The normalized spacial score (nSPS) is 19.0. The predicted octanol–water partition coefficient (Wildman–Crippen LogP) is 2.45. The van der Waals surface area contributed by atoms with Crippen LogP contribution in [0.15, 0.2) is 29.1 Å². The van der Waals surface area contributed by atoms with Crippen LogP contribution in [-0.2, 0) is 24.3 Å². The number of benzene rings is 1. The van der Waals surface area contributed by atoms with Crippen LogP contribution in [0, 0.1) is 0 Å². The molecule has 1 atom stereocenters. The van der Waals surface area contributed by atoms with Gasteiger partial charge in [0.05, 0.1) is 12.8 Å². The summed E-state index contributed by atoms with van der Waals surface area (Å²) >= 11 is 0. The molecule has 7 nitrogen and oxygen atoms in total. The number of aromatic nitrogens is 2. The van der Waals surface area contributed by atoms with E-state index in [4.69, 9.17) is 9.72 Å². The molecular weight excluding hydrogens is 380 g/mol. The number of nitrogens with one attached hydrogen (secondary N) is 1. The summed E-state index contributed by atoms with van der Waals surface area (Å²) in [5.74, 6) is 1.91. The van der Waals surface area contributed by atoms with Gasteiger partial charge in [-0.05, 0) is 25.3 Å². The second-order valence-corrected chi connectivity index (χ2v) is 8.22. The largest absolute Gasteiger partial charge is 0.496 e. The maximum atomic E-state index is 12.7. The van der Waals surface area contributed by atoms with Crippen molar-refractivity contribution in [3.05, 3.63) is 57.3 Å². The number of hydrogen-bond acceptors (Lipinski definition) is 5. The number of hydrogen-bond donors (Lipinski definition) is 1. The van der Waals surface area contributed by atoms with Crippen LogP contribution in [-0.4, -0.2) is 52.4 Å². The van der Waals surface area contributed by atoms with E-state index in [1.165, 1.54) is 0 Å². The molecule has 1 aromatic carbocycles. The fraction of sp³-hybridized carbons (Fsp3) is 0.522. The highest BCUT2D eigenvalue weighted by molar-refractivity contribution is 5.76. The minimum atomic E-state index is -0.0229. The van der Waals surface area contributed by atoms with E-state index >= 15 is 0 Å². The Morgan fingerprint density at radius 2 is 2.13 bits per heavy atom. The fourth-order valence-corrected chi connectivity index (χ4v) is 4.50. The minimum absolute atomic E-state index is 0.0229. The number of carbonyl (C=O) groups is 1. The quantitative estimate of drug-likeness (QED) is 0.791. The van der Waals surface area contributed by atoms with Crippen molar-refractivity contribution in [2.24, 2.45) is 0 Å². The van der Waals surface area contributed by atoms with Gasteiger partial charge in [-0.2, -0.15) is 0 Å². The number of amides is 1. The molecule has 0 radical (unpaired) electrons. The first-order valence-corrected chi connectivity index (χ1v) is 10.8. The Hall–Kier alpha value is -2.67. The number of ether oxygens (including phenoxy) is 1. The molecule has 2 aromatic rings. The molecule has 1 fully saturated rings. The minimum Gasteiger partial charge on any atom is -0.496 e. The number of carbonyl (C=O) groups excluding carboxylic acids is 1. The highest BCUT2D eigenvalue weighted by atomic mass is 16.5. The SMILES string of the molecule is CCCC(=O)N1CCC(c2nc3c(c(=O)[nH]2)CCN(Cc2ccccc2OC)C3)C1. The third kappa shape index (κ3) is 4.26. The summed E-state index contributed by atoms with van der Waals surface area (Å²) in [4.78, 5) is 37.0. The number of H-pyrrole nitrogens is 1. The second-order valence-electron chi connectivity index (χ2n) is 8.22. The van der Waals surface area contributed by atoms with Gasteiger partial charge in [-0.3, -0.25) is 14.5 Å². The van der Waals surface area contributed by atoms with E-state index in [0.717, 1.165) is 60.9 Å². The second kappa shape index (κ2) is 9.00. The standard InChI is InChI=1S/C23H30N4O3/c1-3-6-21(28)27-12-9-17(14-27)22-24-19-15-26(11-10-18(19)23(29)25-22)13-16-7-4-5-8-20(16)30-2/h4-5,7-8,17H,3,6,9-15H2,1-2H3,(H,24,25,29). The lowest BCUT2D eigenvalue weighted by Crippen LogP contribution is -2.36. The number of aromatic amines is 1. The van der Waals surface area contributed by atoms with Crippen LogP contribution in [0.25, 0.3) is 0 Å². The molecule has 3 heterocycles. The Balaban J connectivity index is 1.50. The summed E-state index contributed by atoms with van der Waals surface area (Å²) in [5.41, 5.74) is 2.78. The van der Waals surface area contributed by atoms with Crippen molar-refractivity contribution in [1.29, 1.82) is 0 Å². The van der Waals surface area contributed by atoms with Crippen LogP contribution in [0.1, 0.15) is 54.7 Å². The maximum absolute atomic E-state index is 12.7. The molecule has 0 saturated carbocycles. The first kappa shape index (κ1) is 20.6. The number of fused-ring (bicyclic) bond motifs is 1. The molecule has 1 unspecified atom stereocenters. The number of methoxy groups -OCH3 is 1. The number of rotatable bonds is 6. The molecule has 2 aliphatic heterocycles. The molecule has 2 aliphatic rings. The van der Waals surface area contributed by atoms with Gasteiger partial charge in [0.15, 0.2) is 0 Å². The van der Waals surface area contributed by atoms with Gasteiger partial charge >= 0.3 is 0 Å². The molecule has 1 saturated heterocycles. The summed E-state index contributed by atoms with van der Waals surface area (Å²) in [6, 6.07) is 8.03. The van der Waals surface area contributed by atoms with E-state index in [0.29, 0.717) is 25.9 Å². The summed E-state index contributed by atoms with van der Waals surface area (Å²) in [5, 5.41) is 0. The fourth-order valence-electron chi connectivity index (χ4n) is 4.50. The van der Waals surface area contributed by atoms with Crippen molar-refractivity contribution in [2.45, 2.75) is 51.6 Å². The van der Waals surface area contributed by atoms with E-state index in [9.17, 15) is 9.59 Å². The van der Waals surface area contributed by atoms with Gasteiger partial charge in [-0.15, -0.1) is 0 Å². The van der Waals surface area contributed by atoms with Crippen LogP contribution in [0.5, 0.6) is 5.75 Å². The zero-order chi connectivity index (χ0) is 21.1. The Bertz CT molecular complexity index is 971. The lowest BCUT2D eigenvalue weighted by atomic mass is 10.0. The topological polar surface area (TPSA) is 78.5 Å². The van der Waals surface area contributed by atoms with Crippen LogP contribution in [0.4, 0.5) is 0 Å². The van der Waals surface area contributed by atoms with Crippen molar-refractivity contribution >= 4 is 5.91 Å². The highest BCUT2D eigenvalue weighted by Crippen LogP contribution is 2.27. The van der Waals surface area contributed by atoms with Crippen LogP contribution < -0.4 is 10.3 Å². The monoisotopic (exact) mass is 410 g/mol. The third-order valence-electron chi connectivity index (χ3n) is 6.15. The molecule has 0 bridgehead atoms. The van der Waals surface area contributed by atoms with Gasteiger partial charge in [0, 0.05) is 56.2 Å². The van der Waals surface area contributed by atoms with E-state index in [1.807, 2.05) is 30.0 Å². The Kier molecular flexibility index (Phi) is 6.18. The number of likely N-dealkylation sites (tertiary alicyclic amines) is 1. The van der Waals surface area contributed by atoms with Crippen molar-refractivity contribution in [3.8, 4) is 5.75 Å². The van der Waals surface area contributed by atoms with E-state index < -0.39 is 0 Å². The summed E-state index contributed by atoms with van der Waals surface area (Å²) in [6.45, 7) is 5.63. The van der Waals surface area contributed by atoms with Crippen molar-refractivity contribution < 1.29 is 9.53 Å². The Morgan fingerprint density at radius 3 is 2.93 bits per heavy atom. The number of nitrogens with zero attached hydrogens (tertiary/aromatic N) is 3. The van der Waals surface area contributed by atoms with Crippen molar-refractivity contribution in [1.82, 2.24) is 19.8 Å². The molecule has 1 N–H and O–H groups in total. The van der Waals surface area contributed by atoms with Crippen molar-refractivity contribution in [2.75, 3.05) is 26.7 Å². The summed E-state index contributed by atoms with van der Waals surface area (Å²) < 4.78 is 5.48. The van der Waals surface area contributed by atoms with E-state index in [2.05, 4.69) is 16.0 Å². The lowest BCUT2D eigenvalue weighted by Gasteiger charge is -2.28. The average molecular weight is 411 g/mol. The smallest absolute Gasteiger partial charge is 0.254 e. The summed E-state index contributed by atoms with van der Waals surface area (Å²) in [6.07, 6.45) is 2.98. The third-order valence-corrected chi connectivity index (χ3v) is 6.15. The molecule has 30 heavy (non-hydrogen) atoms. The van der Waals surface area contributed by atoms with Gasteiger partial charge in [-0.1, -0.05) is 25.1 Å². The lowest BCUT2D eigenvalue weighted by molar-refractivity contribution is -0.130. The molecular formula is C23H30N4O3. The van der Waals surface area contributed by atoms with E-state index in [1.54, 1.807) is 7.11 Å².